The highest BCUT2D eigenvalue weighted by Crippen LogP contribution is 2.37. The van der Waals surface area contributed by atoms with E-state index in [9.17, 15) is 0 Å². The number of hydrogen-bond acceptors (Lipinski definition) is 2. The Morgan fingerprint density at radius 1 is 1.16 bits per heavy atom. The number of ether oxygens (including phenoxy) is 2. The van der Waals surface area contributed by atoms with Crippen LogP contribution in [0, 0.1) is 0 Å². The molecule has 0 aliphatic rings. The smallest absolute Gasteiger partial charge is 0.156 e. The first-order valence-corrected chi connectivity index (χ1v) is 8.82. The zero-order valence-corrected chi connectivity index (χ0v) is 16.0. The van der Waals surface area contributed by atoms with Crippen molar-refractivity contribution in [3.05, 3.63) is 31.6 Å². The number of alkyl halides is 1. The molecule has 0 aromatic heterocycles. The summed E-state index contributed by atoms with van der Waals surface area (Å²) in [5.41, 5.74) is 0. The first kappa shape index (κ1) is 17.6. The van der Waals surface area contributed by atoms with Crippen LogP contribution in [0.4, 0.5) is 0 Å². The molecule has 0 saturated heterocycles. The molecule has 0 bridgehead atoms. The fourth-order valence-electron chi connectivity index (χ4n) is 1.19. The van der Waals surface area contributed by atoms with Gasteiger partial charge in [0.25, 0.3) is 0 Å². The Hall–Kier alpha value is 0.580. The van der Waals surface area contributed by atoms with Crippen LogP contribution in [-0.2, 0) is 0 Å². The molecular weight excluding hydrogens is 487 g/mol. The molecule has 0 aliphatic heterocycles. The Morgan fingerprint density at radius 3 is 2.32 bits per heavy atom. The van der Waals surface area contributed by atoms with E-state index >= 15 is 0 Å². The quantitative estimate of drug-likeness (QED) is 0.331. The summed E-state index contributed by atoms with van der Waals surface area (Å²) < 4.78 is 11.8. The molecule has 0 fully saturated rings. The van der Waals surface area contributed by atoms with Crippen molar-refractivity contribution in [3.63, 3.8) is 0 Å². The molecule has 0 heterocycles. The highest BCUT2D eigenvalue weighted by atomic mass is 79.9. The number of rotatable bonds is 7. The maximum Gasteiger partial charge on any atom is 0.156 e. The normalized spacial score (nSPS) is 10.2. The van der Waals surface area contributed by atoms with Crippen molar-refractivity contribution in [2.45, 2.75) is 6.42 Å². The van der Waals surface area contributed by atoms with Crippen molar-refractivity contribution in [2.24, 2.45) is 0 Å². The lowest BCUT2D eigenvalue weighted by molar-refractivity contribution is 0.317. The van der Waals surface area contributed by atoms with Gasteiger partial charge in [0.15, 0.2) is 5.75 Å². The van der Waals surface area contributed by atoms with Crippen molar-refractivity contribution in [2.75, 3.05) is 18.5 Å². The summed E-state index contributed by atoms with van der Waals surface area (Å²) in [5.74, 6) is 1.09. The SMILES string of the molecule is Clc1cc(OCC=C(Br)Br)cc(Cl)c1OCCCBr. The third-order valence-corrected chi connectivity index (χ3v) is 3.75. The lowest BCUT2D eigenvalue weighted by Crippen LogP contribution is -2.00. The third-order valence-electron chi connectivity index (χ3n) is 1.98. The molecule has 0 saturated carbocycles. The van der Waals surface area contributed by atoms with Gasteiger partial charge in [-0.25, -0.2) is 0 Å². The molecular formula is C12H11Br3Cl2O2. The maximum absolute atomic E-state index is 6.12. The molecule has 7 heteroatoms. The molecule has 1 aromatic rings. The Bertz CT molecular complexity index is 426. The van der Waals surface area contributed by atoms with Crippen LogP contribution in [0.15, 0.2) is 21.6 Å². The van der Waals surface area contributed by atoms with Crippen LogP contribution < -0.4 is 9.47 Å². The Balaban J connectivity index is 2.70. The summed E-state index contributed by atoms with van der Waals surface area (Å²) >= 11 is 22.1. The van der Waals surface area contributed by atoms with Gasteiger partial charge in [-0.05, 0) is 44.4 Å². The van der Waals surface area contributed by atoms with Crippen LogP contribution in [0.1, 0.15) is 6.42 Å². The minimum Gasteiger partial charge on any atom is -0.490 e. The van der Waals surface area contributed by atoms with Gasteiger partial charge in [-0.1, -0.05) is 39.1 Å². The highest BCUT2D eigenvalue weighted by Gasteiger charge is 2.10. The van der Waals surface area contributed by atoms with Gasteiger partial charge in [-0.2, -0.15) is 0 Å². The Kier molecular flexibility index (Phi) is 8.82. The van der Waals surface area contributed by atoms with Crippen LogP contribution in [0.25, 0.3) is 0 Å². The van der Waals surface area contributed by atoms with Gasteiger partial charge in [0.05, 0.1) is 20.0 Å². The van der Waals surface area contributed by atoms with Crippen molar-refractivity contribution >= 4 is 71.0 Å². The van der Waals surface area contributed by atoms with Crippen LogP contribution in [0.5, 0.6) is 11.5 Å². The molecule has 106 valence electrons. The Labute approximate surface area is 147 Å². The Morgan fingerprint density at radius 2 is 1.79 bits per heavy atom. The molecule has 0 radical (unpaired) electrons. The molecule has 0 unspecified atom stereocenters. The van der Waals surface area contributed by atoms with E-state index in [1.165, 1.54) is 0 Å². The molecule has 0 atom stereocenters. The van der Waals surface area contributed by atoms with E-state index in [1.807, 2.05) is 6.08 Å². The number of hydrogen-bond donors (Lipinski definition) is 0. The lowest BCUT2D eigenvalue weighted by Gasteiger charge is -2.11. The highest BCUT2D eigenvalue weighted by molar-refractivity contribution is 9.28. The topological polar surface area (TPSA) is 18.5 Å². The van der Waals surface area contributed by atoms with Gasteiger partial charge < -0.3 is 9.47 Å². The van der Waals surface area contributed by atoms with E-state index in [4.69, 9.17) is 32.7 Å². The predicted octanol–water partition coefficient (Wildman–Crippen LogP) is 6.17. The third kappa shape index (κ3) is 6.71. The largest absolute Gasteiger partial charge is 0.490 e. The van der Waals surface area contributed by atoms with Crippen molar-refractivity contribution in [1.29, 1.82) is 0 Å². The van der Waals surface area contributed by atoms with Gasteiger partial charge in [-0.3, -0.25) is 0 Å². The zero-order chi connectivity index (χ0) is 14.3. The fraction of sp³-hybridized carbons (Fsp3) is 0.333. The van der Waals surface area contributed by atoms with Gasteiger partial charge in [-0.15, -0.1) is 0 Å². The minimum atomic E-state index is 0.405. The number of benzene rings is 1. The van der Waals surface area contributed by atoms with Gasteiger partial charge >= 0.3 is 0 Å². The van der Waals surface area contributed by atoms with Gasteiger partial charge in [0.2, 0.25) is 0 Å². The van der Waals surface area contributed by atoms with Crippen molar-refractivity contribution < 1.29 is 9.47 Å². The van der Waals surface area contributed by atoms with E-state index in [-0.39, 0.29) is 0 Å². The van der Waals surface area contributed by atoms with E-state index < -0.39 is 0 Å². The molecule has 0 amide bonds. The summed E-state index contributed by atoms with van der Waals surface area (Å²) in [4.78, 5) is 0. The first-order chi connectivity index (χ1) is 9.04. The zero-order valence-electron chi connectivity index (χ0n) is 9.77. The second kappa shape index (κ2) is 9.50. The van der Waals surface area contributed by atoms with Crippen LogP contribution in [0.3, 0.4) is 0 Å². The lowest BCUT2D eigenvalue weighted by atomic mass is 10.3. The van der Waals surface area contributed by atoms with Crippen LogP contribution in [-0.4, -0.2) is 18.5 Å². The summed E-state index contributed by atoms with van der Waals surface area (Å²) in [6, 6.07) is 3.37. The second-order valence-corrected chi connectivity index (χ2v) is 7.79. The molecule has 0 N–H and O–H groups in total. The molecule has 1 aromatic carbocycles. The van der Waals surface area contributed by atoms with Crippen LogP contribution in [0.2, 0.25) is 10.0 Å². The summed E-state index contributed by atoms with van der Waals surface area (Å²) in [7, 11) is 0. The van der Waals surface area contributed by atoms with Crippen molar-refractivity contribution in [1.82, 2.24) is 0 Å². The van der Waals surface area contributed by atoms with Crippen molar-refractivity contribution in [3.8, 4) is 11.5 Å². The van der Waals surface area contributed by atoms with E-state index in [1.54, 1.807) is 12.1 Å². The van der Waals surface area contributed by atoms with E-state index in [2.05, 4.69) is 47.8 Å². The second-order valence-electron chi connectivity index (χ2n) is 3.41. The van der Waals surface area contributed by atoms with Gasteiger partial charge in [0, 0.05) is 17.5 Å². The predicted molar refractivity (Wildman–Crippen MR) is 91.8 cm³/mol. The molecule has 19 heavy (non-hydrogen) atoms. The average molecular weight is 498 g/mol. The maximum atomic E-state index is 6.12. The standard InChI is InChI=1S/C12H11Br3Cl2O2/c13-3-1-4-19-12-9(16)6-8(7-10(12)17)18-5-2-11(14)15/h2,6-7H,1,3-5H2. The monoisotopic (exact) mass is 494 g/mol. The summed E-state index contributed by atoms with van der Waals surface area (Å²) in [5, 5.41) is 1.76. The first-order valence-electron chi connectivity index (χ1n) is 5.36. The summed E-state index contributed by atoms with van der Waals surface area (Å²) in [6.45, 7) is 0.965. The molecule has 0 spiro atoms. The summed E-state index contributed by atoms with van der Waals surface area (Å²) in [6.07, 6.45) is 2.71. The van der Waals surface area contributed by atoms with E-state index in [0.29, 0.717) is 34.8 Å². The average Bonchev–Trinajstić information content (AvgIpc) is 2.32. The minimum absolute atomic E-state index is 0.405. The van der Waals surface area contributed by atoms with E-state index in [0.717, 1.165) is 15.1 Å². The molecule has 0 aliphatic carbocycles. The number of halogens is 5. The van der Waals surface area contributed by atoms with Gasteiger partial charge in [0.1, 0.15) is 12.4 Å². The van der Waals surface area contributed by atoms with Crippen LogP contribution >= 0.6 is 71.0 Å². The molecule has 1 rings (SSSR count). The molecule has 2 nitrogen and oxygen atoms in total. The fourth-order valence-corrected chi connectivity index (χ4v) is 2.26.